The van der Waals surface area contributed by atoms with Crippen LogP contribution < -0.4 is 10.6 Å². The van der Waals surface area contributed by atoms with Gasteiger partial charge in [-0.15, -0.1) is 0 Å². The van der Waals surface area contributed by atoms with Gasteiger partial charge in [0.2, 0.25) is 5.91 Å². The Balaban J connectivity index is 1.95. The van der Waals surface area contributed by atoms with E-state index in [1.54, 1.807) is 0 Å². The first-order chi connectivity index (χ1) is 11.0. The van der Waals surface area contributed by atoms with Gasteiger partial charge in [0.15, 0.2) is 0 Å². The Kier molecular flexibility index (Phi) is 6.28. The second-order valence-corrected chi connectivity index (χ2v) is 6.25. The lowest BCUT2D eigenvalue weighted by Gasteiger charge is -2.34. The van der Waals surface area contributed by atoms with Crippen molar-refractivity contribution in [2.45, 2.75) is 26.7 Å². The number of rotatable bonds is 6. The molecule has 0 bridgehead atoms. The number of hydrogen-bond acceptors (Lipinski definition) is 4. The summed E-state index contributed by atoms with van der Waals surface area (Å²) in [4.78, 5) is 18.6. The maximum absolute atomic E-state index is 12.1. The highest BCUT2D eigenvalue weighted by Crippen LogP contribution is 2.26. The topological polar surface area (TPSA) is 52.8 Å². The lowest BCUT2D eigenvalue weighted by atomic mass is 10.1. The summed E-state index contributed by atoms with van der Waals surface area (Å²) in [5.74, 6) is 0.219. The molecule has 1 aliphatic heterocycles. The number of amides is 1. The molecule has 0 aromatic heterocycles. The van der Waals surface area contributed by atoms with Crippen molar-refractivity contribution in [1.29, 1.82) is 0 Å². The third kappa shape index (κ3) is 4.61. The Morgan fingerprint density at radius 3 is 2.39 bits per heavy atom. The predicted molar refractivity (Wildman–Crippen MR) is 96.8 cm³/mol. The van der Waals surface area contributed by atoms with Gasteiger partial charge in [0.25, 0.3) is 0 Å². The Morgan fingerprint density at radius 1 is 1.17 bits per heavy atom. The zero-order valence-electron chi connectivity index (χ0n) is 14.7. The standard InChI is InChI=1S/C18H30N4O/c1-4-21(5-2)18(23)9-7-15-6-8-17(16(19)14-15)22-12-10-20(3)11-13-22/h6,8,14H,4-5,7,9-13,19H2,1-3H3. The maximum atomic E-state index is 12.1. The third-order valence-electron chi connectivity index (χ3n) is 4.68. The van der Waals surface area contributed by atoms with Gasteiger partial charge in [-0.2, -0.15) is 0 Å². The van der Waals surface area contributed by atoms with Gasteiger partial charge in [-0.25, -0.2) is 0 Å². The van der Waals surface area contributed by atoms with Gasteiger partial charge < -0.3 is 20.4 Å². The molecule has 0 atom stereocenters. The van der Waals surface area contributed by atoms with E-state index >= 15 is 0 Å². The monoisotopic (exact) mass is 318 g/mol. The number of nitrogens with two attached hydrogens (primary N) is 1. The quantitative estimate of drug-likeness (QED) is 0.813. The fraction of sp³-hybridized carbons (Fsp3) is 0.611. The molecule has 5 nitrogen and oxygen atoms in total. The minimum Gasteiger partial charge on any atom is -0.397 e. The molecule has 5 heteroatoms. The van der Waals surface area contributed by atoms with Crippen LogP contribution in [0.1, 0.15) is 25.8 Å². The molecule has 1 heterocycles. The van der Waals surface area contributed by atoms with Gasteiger partial charge in [-0.1, -0.05) is 6.07 Å². The van der Waals surface area contributed by atoms with Gasteiger partial charge in [0, 0.05) is 45.7 Å². The third-order valence-corrected chi connectivity index (χ3v) is 4.68. The molecular weight excluding hydrogens is 288 g/mol. The van der Waals surface area contributed by atoms with E-state index in [0.717, 1.165) is 62.6 Å². The summed E-state index contributed by atoms with van der Waals surface area (Å²) in [6.07, 6.45) is 1.30. The zero-order valence-corrected chi connectivity index (χ0v) is 14.7. The molecule has 0 unspecified atom stereocenters. The summed E-state index contributed by atoms with van der Waals surface area (Å²) in [6, 6.07) is 6.25. The Labute approximate surface area is 140 Å². The Bertz CT molecular complexity index is 520. The average Bonchev–Trinajstić information content (AvgIpc) is 2.55. The van der Waals surface area contributed by atoms with Crippen LogP contribution >= 0.6 is 0 Å². The van der Waals surface area contributed by atoms with Crippen molar-refractivity contribution in [3.05, 3.63) is 23.8 Å². The second-order valence-electron chi connectivity index (χ2n) is 6.25. The van der Waals surface area contributed by atoms with Crippen LogP contribution in [-0.4, -0.2) is 62.0 Å². The van der Waals surface area contributed by atoms with Crippen molar-refractivity contribution in [2.75, 3.05) is 56.9 Å². The first kappa shape index (κ1) is 17.6. The van der Waals surface area contributed by atoms with Crippen LogP contribution in [0, 0.1) is 0 Å². The summed E-state index contributed by atoms with van der Waals surface area (Å²) in [6.45, 7) is 9.76. The summed E-state index contributed by atoms with van der Waals surface area (Å²) < 4.78 is 0. The van der Waals surface area contributed by atoms with Crippen LogP contribution in [0.5, 0.6) is 0 Å². The highest BCUT2D eigenvalue weighted by Gasteiger charge is 2.16. The van der Waals surface area contributed by atoms with E-state index in [2.05, 4.69) is 29.0 Å². The smallest absolute Gasteiger partial charge is 0.222 e. The normalized spacial score (nSPS) is 15.7. The van der Waals surface area contributed by atoms with Crippen LogP contribution in [0.25, 0.3) is 0 Å². The molecule has 1 aromatic carbocycles. The summed E-state index contributed by atoms with van der Waals surface area (Å²) >= 11 is 0. The number of nitrogen functional groups attached to an aromatic ring is 1. The highest BCUT2D eigenvalue weighted by molar-refractivity contribution is 5.76. The molecule has 2 N–H and O–H groups in total. The predicted octanol–water partition coefficient (Wildman–Crippen LogP) is 1.82. The van der Waals surface area contributed by atoms with E-state index in [9.17, 15) is 4.79 Å². The van der Waals surface area contributed by atoms with Crippen LogP contribution in [0.15, 0.2) is 18.2 Å². The zero-order chi connectivity index (χ0) is 16.8. The van der Waals surface area contributed by atoms with Crippen molar-refractivity contribution in [1.82, 2.24) is 9.80 Å². The molecule has 1 aromatic rings. The number of piperazine rings is 1. The van der Waals surface area contributed by atoms with Gasteiger partial charge >= 0.3 is 0 Å². The first-order valence-electron chi connectivity index (χ1n) is 8.64. The number of carbonyl (C=O) groups excluding carboxylic acids is 1. The largest absolute Gasteiger partial charge is 0.397 e. The molecule has 1 amide bonds. The number of nitrogens with zero attached hydrogens (tertiary/aromatic N) is 3. The molecule has 1 fully saturated rings. The van der Waals surface area contributed by atoms with Crippen LogP contribution in [0.3, 0.4) is 0 Å². The number of likely N-dealkylation sites (N-methyl/N-ethyl adjacent to an activating group) is 1. The number of anilines is 2. The Morgan fingerprint density at radius 2 is 1.83 bits per heavy atom. The first-order valence-corrected chi connectivity index (χ1v) is 8.64. The number of benzene rings is 1. The van der Waals surface area contributed by atoms with Gasteiger partial charge in [0.1, 0.15) is 0 Å². The van der Waals surface area contributed by atoms with Crippen LogP contribution in [-0.2, 0) is 11.2 Å². The fourth-order valence-electron chi connectivity index (χ4n) is 3.08. The van der Waals surface area contributed by atoms with Crippen LogP contribution in [0.2, 0.25) is 0 Å². The van der Waals surface area contributed by atoms with Gasteiger partial charge in [0.05, 0.1) is 11.4 Å². The van der Waals surface area contributed by atoms with Crippen molar-refractivity contribution in [3.63, 3.8) is 0 Å². The molecule has 2 rings (SSSR count). The molecule has 0 spiro atoms. The van der Waals surface area contributed by atoms with Crippen molar-refractivity contribution in [3.8, 4) is 0 Å². The van der Waals surface area contributed by atoms with E-state index in [-0.39, 0.29) is 5.91 Å². The minimum absolute atomic E-state index is 0.219. The Hall–Kier alpha value is -1.75. The number of hydrogen-bond donors (Lipinski definition) is 1. The fourth-order valence-corrected chi connectivity index (χ4v) is 3.08. The highest BCUT2D eigenvalue weighted by atomic mass is 16.2. The molecule has 0 aliphatic carbocycles. The minimum atomic E-state index is 0.219. The van der Waals surface area contributed by atoms with E-state index < -0.39 is 0 Å². The summed E-state index contributed by atoms with van der Waals surface area (Å²) in [5.41, 5.74) is 9.34. The van der Waals surface area contributed by atoms with Crippen molar-refractivity contribution in [2.24, 2.45) is 0 Å². The van der Waals surface area contributed by atoms with Crippen molar-refractivity contribution < 1.29 is 4.79 Å². The van der Waals surface area contributed by atoms with E-state index in [1.807, 2.05) is 24.8 Å². The lowest BCUT2D eigenvalue weighted by molar-refractivity contribution is -0.130. The second kappa shape index (κ2) is 8.20. The van der Waals surface area contributed by atoms with Gasteiger partial charge in [-0.3, -0.25) is 4.79 Å². The number of aryl methyl sites for hydroxylation is 1. The molecule has 0 saturated carbocycles. The van der Waals surface area contributed by atoms with E-state index in [0.29, 0.717) is 6.42 Å². The molecule has 128 valence electrons. The van der Waals surface area contributed by atoms with Gasteiger partial charge in [-0.05, 0) is 45.0 Å². The lowest BCUT2D eigenvalue weighted by Crippen LogP contribution is -2.44. The molecule has 0 radical (unpaired) electrons. The summed E-state index contributed by atoms with van der Waals surface area (Å²) in [7, 11) is 2.15. The van der Waals surface area contributed by atoms with E-state index in [4.69, 9.17) is 5.73 Å². The number of carbonyl (C=O) groups is 1. The van der Waals surface area contributed by atoms with Crippen molar-refractivity contribution >= 4 is 17.3 Å². The molecule has 1 saturated heterocycles. The summed E-state index contributed by atoms with van der Waals surface area (Å²) in [5, 5.41) is 0. The van der Waals surface area contributed by atoms with Crippen LogP contribution in [0.4, 0.5) is 11.4 Å². The molecule has 1 aliphatic rings. The SMILES string of the molecule is CCN(CC)C(=O)CCc1ccc(N2CCN(C)CC2)c(N)c1. The van der Waals surface area contributed by atoms with E-state index in [1.165, 1.54) is 0 Å². The average molecular weight is 318 g/mol. The molecular formula is C18H30N4O. The maximum Gasteiger partial charge on any atom is 0.222 e. The molecule has 23 heavy (non-hydrogen) atoms.